The summed E-state index contributed by atoms with van der Waals surface area (Å²) in [5.74, 6) is 0.563. The summed E-state index contributed by atoms with van der Waals surface area (Å²) in [5.41, 5.74) is 0.110. The maximum atomic E-state index is 12.0. The molecule has 0 aliphatic rings. The number of nitrogens with zero attached hydrogens (tertiary/aromatic N) is 1. The number of halogens is 1. The number of hydrogen-bond acceptors (Lipinski definition) is 4. The van der Waals surface area contributed by atoms with Crippen molar-refractivity contribution in [2.24, 2.45) is 0 Å². The molecule has 0 fully saturated rings. The van der Waals surface area contributed by atoms with E-state index in [1.807, 2.05) is 30.3 Å². The molecule has 0 bridgehead atoms. The van der Waals surface area contributed by atoms with Crippen LogP contribution in [0.2, 0.25) is 5.02 Å². The van der Waals surface area contributed by atoms with Crippen LogP contribution in [-0.4, -0.2) is 23.1 Å². The van der Waals surface area contributed by atoms with E-state index in [1.165, 1.54) is 23.1 Å². The molecule has 2 aromatic carbocycles. The Morgan fingerprint density at radius 3 is 2.61 bits per heavy atom. The SMILES string of the molecule is O=C(NCCCSc1ccccc1)c1ccc([N+](=O)[O-])cc1Cl. The van der Waals surface area contributed by atoms with Crippen LogP contribution in [0.1, 0.15) is 16.8 Å². The van der Waals surface area contributed by atoms with Crippen LogP contribution in [0.25, 0.3) is 0 Å². The van der Waals surface area contributed by atoms with Crippen LogP contribution in [-0.2, 0) is 0 Å². The van der Waals surface area contributed by atoms with Crippen molar-refractivity contribution in [2.45, 2.75) is 11.3 Å². The van der Waals surface area contributed by atoms with Gasteiger partial charge in [-0.2, -0.15) is 0 Å². The number of carbonyl (C=O) groups is 1. The average Bonchev–Trinajstić information content (AvgIpc) is 2.55. The minimum Gasteiger partial charge on any atom is -0.352 e. The van der Waals surface area contributed by atoms with E-state index in [0.29, 0.717) is 6.54 Å². The summed E-state index contributed by atoms with van der Waals surface area (Å²) in [4.78, 5) is 23.3. The van der Waals surface area contributed by atoms with E-state index in [-0.39, 0.29) is 22.2 Å². The second-order valence-electron chi connectivity index (χ2n) is 4.69. The van der Waals surface area contributed by atoms with Gasteiger partial charge in [0.15, 0.2) is 0 Å². The van der Waals surface area contributed by atoms with Gasteiger partial charge in [-0.3, -0.25) is 14.9 Å². The first kappa shape index (κ1) is 17.3. The fourth-order valence-corrected chi connectivity index (χ4v) is 3.01. The van der Waals surface area contributed by atoms with Crippen LogP contribution in [0.4, 0.5) is 5.69 Å². The molecule has 1 N–H and O–H groups in total. The summed E-state index contributed by atoms with van der Waals surface area (Å²) >= 11 is 7.64. The Hall–Kier alpha value is -2.05. The lowest BCUT2D eigenvalue weighted by Gasteiger charge is -2.07. The highest BCUT2D eigenvalue weighted by atomic mass is 35.5. The number of non-ortho nitro benzene ring substituents is 1. The highest BCUT2D eigenvalue weighted by Crippen LogP contribution is 2.22. The molecular weight excluding hydrogens is 336 g/mol. The highest BCUT2D eigenvalue weighted by molar-refractivity contribution is 7.99. The van der Waals surface area contributed by atoms with E-state index < -0.39 is 4.92 Å². The molecule has 23 heavy (non-hydrogen) atoms. The summed E-state index contributed by atoms with van der Waals surface area (Å²) in [6.45, 7) is 0.520. The number of nitrogens with one attached hydrogen (secondary N) is 1. The third-order valence-corrected chi connectivity index (χ3v) is 4.44. The van der Waals surface area contributed by atoms with Crippen LogP contribution in [0.5, 0.6) is 0 Å². The third kappa shape index (κ3) is 5.26. The molecule has 1 amide bonds. The van der Waals surface area contributed by atoms with Crippen LogP contribution < -0.4 is 5.32 Å². The highest BCUT2D eigenvalue weighted by Gasteiger charge is 2.14. The maximum Gasteiger partial charge on any atom is 0.270 e. The zero-order valence-corrected chi connectivity index (χ0v) is 13.8. The number of carbonyl (C=O) groups excluding carboxylic acids is 1. The smallest absolute Gasteiger partial charge is 0.270 e. The molecule has 0 aliphatic carbocycles. The van der Waals surface area contributed by atoms with Gasteiger partial charge < -0.3 is 5.32 Å². The van der Waals surface area contributed by atoms with Gasteiger partial charge in [0.05, 0.1) is 15.5 Å². The van der Waals surface area contributed by atoms with Crippen LogP contribution in [0.3, 0.4) is 0 Å². The van der Waals surface area contributed by atoms with Crippen LogP contribution in [0, 0.1) is 10.1 Å². The van der Waals surface area contributed by atoms with Gasteiger partial charge in [-0.15, -0.1) is 11.8 Å². The lowest BCUT2D eigenvalue weighted by molar-refractivity contribution is -0.384. The Kier molecular flexibility index (Phi) is 6.43. The molecule has 0 atom stereocenters. The Balaban J connectivity index is 1.78. The predicted octanol–water partition coefficient (Wildman–Crippen LogP) is 4.16. The minimum absolute atomic E-state index is 0.0790. The van der Waals surface area contributed by atoms with Gasteiger partial charge >= 0.3 is 0 Å². The Bertz CT molecular complexity index is 695. The molecule has 0 unspecified atom stereocenters. The number of rotatable bonds is 7. The van der Waals surface area contributed by atoms with Crippen molar-refractivity contribution in [3.63, 3.8) is 0 Å². The largest absolute Gasteiger partial charge is 0.352 e. The number of benzene rings is 2. The first-order chi connectivity index (χ1) is 11.1. The molecule has 0 heterocycles. The van der Waals surface area contributed by atoms with Crippen molar-refractivity contribution < 1.29 is 9.72 Å². The first-order valence-corrected chi connectivity index (χ1v) is 8.34. The Morgan fingerprint density at radius 2 is 1.96 bits per heavy atom. The lowest BCUT2D eigenvalue weighted by atomic mass is 10.2. The van der Waals surface area contributed by atoms with E-state index in [0.717, 1.165) is 12.2 Å². The minimum atomic E-state index is -0.547. The van der Waals surface area contributed by atoms with E-state index in [4.69, 9.17) is 11.6 Å². The molecule has 0 aliphatic heterocycles. The summed E-state index contributed by atoms with van der Waals surface area (Å²) in [6.07, 6.45) is 0.815. The van der Waals surface area contributed by atoms with Gasteiger partial charge in [0.25, 0.3) is 11.6 Å². The number of amides is 1. The van der Waals surface area contributed by atoms with Gasteiger partial charge in [0, 0.05) is 23.6 Å². The quantitative estimate of drug-likeness (QED) is 0.352. The van der Waals surface area contributed by atoms with E-state index >= 15 is 0 Å². The van der Waals surface area contributed by atoms with Crippen LogP contribution >= 0.6 is 23.4 Å². The van der Waals surface area contributed by atoms with E-state index in [1.54, 1.807) is 11.8 Å². The van der Waals surface area contributed by atoms with E-state index in [2.05, 4.69) is 5.32 Å². The fraction of sp³-hybridized carbons (Fsp3) is 0.188. The molecule has 5 nitrogen and oxygen atoms in total. The number of hydrogen-bond donors (Lipinski definition) is 1. The Morgan fingerprint density at radius 1 is 1.22 bits per heavy atom. The third-order valence-electron chi connectivity index (χ3n) is 3.03. The summed E-state index contributed by atoms with van der Waals surface area (Å²) < 4.78 is 0. The monoisotopic (exact) mass is 350 g/mol. The first-order valence-electron chi connectivity index (χ1n) is 6.98. The van der Waals surface area contributed by atoms with Crippen molar-refractivity contribution in [1.82, 2.24) is 5.32 Å². The molecule has 0 saturated carbocycles. The lowest BCUT2D eigenvalue weighted by Crippen LogP contribution is -2.25. The van der Waals surface area contributed by atoms with Gasteiger partial charge in [-0.25, -0.2) is 0 Å². The average molecular weight is 351 g/mol. The molecule has 0 saturated heterocycles. The second kappa shape index (κ2) is 8.55. The number of nitro benzene ring substituents is 1. The standard InChI is InChI=1S/C16H15ClN2O3S/c17-15-11-12(19(21)22)7-8-14(15)16(20)18-9-4-10-23-13-5-2-1-3-6-13/h1-3,5-8,11H,4,9-10H2,(H,18,20). The molecule has 2 aromatic rings. The molecule has 120 valence electrons. The molecule has 7 heteroatoms. The van der Waals surface area contributed by atoms with Crippen molar-refractivity contribution in [2.75, 3.05) is 12.3 Å². The van der Waals surface area contributed by atoms with Crippen LogP contribution in [0.15, 0.2) is 53.4 Å². The maximum absolute atomic E-state index is 12.0. The van der Waals surface area contributed by atoms with Crippen molar-refractivity contribution in [3.8, 4) is 0 Å². The molecule has 0 radical (unpaired) electrons. The summed E-state index contributed by atoms with van der Waals surface area (Å²) in [7, 11) is 0. The molecule has 0 aromatic heterocycles. The predicted molar refractivity (Wildman–Crippen MR) is 92.2 cm³/mol. The van der Waals surface area contributed by atoms with E-state index in [9.17, 15) is 14.9 Å². The number of nitro groups is 1. The second-order valence-corrected chi connectivity index (χ2v) is 6.27. The molecule has 2 rings (SSSR count). The van der Waals surface area contributed by atoms with Crippen molar-refractivity contribution >= 4 is 35.0 Å². The summed E-state index contributed by atoms with van der Waals surface area (Å²) in [6, 6.07) is 13.8. The number of thioether (sulfide) groups is 1. The normalized spacial score (nSPS) is 10.3. The van der Waals surface area contributed by atoms with Gasteiger partial charge in [0.2, 0.25) is 0 Å². The fourth-order valence-electron chi connectivity index (χ4n) is 1.88. The van der Waals surface area contributed by atoms with Gasteiger partial charge in [0.1, 0.15) is 0 Å². The van der Waals surface area contributed by atoms with Crippen molar-refractivity contribution in [1.29, 1.82) is 0 Å². The zero-order valence-electron chi connectivity index (χ0n) is 12.2. The Labute approximate surface area is 143 Å². The van der Waals surface area contributed by atoms with Gasteiger partial charge in [-0.05, 0) is 30.4 Å². The zero-order chi connectivity index (χ0) is 16.7. The molecule has 0 spiro atoms. The molecular formula is C16H15ClN2O3S. The van der Waals surface area contributed by atoms with Crippen molar-refractivity contribution in [3.05, 3.63) is 69.2 Å². The summed E-state index contributed by atoms with van der Waals surface area (Å²) in [5, 5.41) is 13.5. The van der Waals surface area contributed by atoms with Gasteiger partial charge in [-0.1, -0.05) is 29.8 Å². The topological polar surface area (TPSA) is 72.2 Å².